The van der Waals surface area contributed by atoms with Crippen LogP contribution in [-0.4, -0.2) is 40.9 Å². The Morgan fingerprint density at radius 3 is 2.40 bits per heavy atom. The van der Waals surface area contributed by atoms with Gasteiger partial charge < -0.3 is 10.2 Å². The van der Waals surface area contributed by atoms with Crippen LogP contribution in [0, 0.1) is 5.82 Å². The van der Waals surface area contributed by atoms with Gasteiger partial charge >= 0.3 is 0 Å². The Morgan fingerprint density at radius 1 is 1.15 bits per heavy atom. The van der Waals surface area contributed by atoms with Crippen LogP contribution in [0.5, 0.6) is 0 Å². The van der Waals surface area contributed by atoms with Crippen molar-refractivity contribution in [3.05, 3.63) is 35.6 Å². The molecule has 0 radical (unpaired) electrons. The first-order valence-electron chi connectivity index (χ1n) is 7.49. The third-order valence-electron chi connectivity index (χ3n) is 4.17. The molecule has 1 aliphatic rings. The lowest BCUT2D eigenvalue weighted by Crippen LogP contribution is -2.37. The molecule has 1 aromatic rings. The number of halogens is 1. The van der Waals surface area contributed by atoms with Gasteiger partial charge in [0.25, 0.3) is 0 Å². The highest BCUT2D eigenvalue weighted by atomic mass is 19.1. The summed E-state index contributed by atoms with van der Waals surface area (Å²) in [7, 11) is 0. The molecule has 3 nitrogen and oxygen atoms in total. The molecule has 1 aliphatic carbocycles. The summed E-state index contributed by atoms with van der Waals surface area (Å²) in [5, 5.41) is 19.3. The van der Waals surface area contributed by atoms with Crippen LogP contribution in [0.1, 0.15) is 43.8 Å². The minimum Gasteiger partial charge on any atom is -0.395 e. The van der Waals surface area contributed by atoms with Gasteiger partial charge in [0.15, 0.2) is 0 Å². The van der Waals surface area contributed by atoms with E-state index in [1.165, 1.54) is 37.8 Å². The molecule has 1 atom stereocenters. The van der Waals surface area contributed by atoms with Crippen molar-refractivity contribution in [1.82, 2.24) is 4.90 Å². The van der Waals surface area contributed by atoms with Gasteiger partial charge in [0.05, 0.1) is 12.7 Å². The number of nitrogens with zero attached hydrogens (tertiary/aromatic N) is 1. The molecule has 0 bridgehead atoms. The van der Waals surface area contributed by atoms with Crippen LogP contribution in [0.4, 0.5) is 4.39 Å². The van der Waals surface area contributed by atoms with E-state index in [1.54, 1.807) is 12.1 Å². The lowest BCUT2D eigenvalue weighted by atomic mass is 10.1. The number of benzene rings is 1. The highest BCUT2D eigenvalue weighted by Crippen LogP contribution is 2.25. The quantitative estimate of drug-likeness (QED) is 0.807. The van der Waals surface area contributed by atoms with Crippen molar-refractivity contribution >= 4 is 0 Å². The normalized spacial score (nSPS) is 17.8. The van der Waals surface area contributed by atoms with Crippen LogP contribution in [0.15, 0.2) is 24.3 Å². The van der Waals surface area contributed by atoms with E-state index in [1.807, 2.05) is 0 Å². The maximum atomic E-state index is 12.9. The van der Waals surface area contributed by atoms with Crippen LogP contribution in [0.3, 0.4) is 0 Å². The summed E-state index contributed by atoms with van der Waals surface area (Å²) >= 11 is 0. The van der Waals surface area contributed by atoms with Crippen molar-refractivity contribution < 1.29 is 14.6 Å². The molecule has 2 rings (SSSR count). The van der Waals surface area contributed by atoms with Gasteiger partial charge in [-0.05, 0) is 37.0 Å². The van der Waals surface area contributed by atoms with Crippen LogP contribution in [-0.2, 0) is 0 Å². The Labute approximate surface area is 120 Å². The zero-order valence-electron chi connectivity index (χ0n) is 11.8. The molecule has 2 N–H and O–H groups in total. The lowest BCUT2D eigenvalue weighted by Gasteiger charge is -2.29. The average molecular weight is 281 g/mol. The summed E-state index contributed by atoms with van der Waals surface area (Å²) < 4.78 is 12.9. The van der Waals surface area contributed by atoms with Gasteiger partial charge in [-0.3, -0.25) is 4.90 Å². The van der Waals surface area contributed by atoms with Gasteiger partial charge in [0, 0.05) is 19.1 Å². The molecule has 0 spiro atoms. The van der Waals surface area contributed by atoms with Gasteiger partial charge in [-0.15, -0.1) is 0 Å². The standard InChI is InChI=1S/C16H24FNO2/c17-14-7-5-13(6-8-14)16(20)9-10-18(11-12-19)15-3-1-2-4-15/h5-8,15-16,19-20H,1-4,9-12H2. The van der Waals surface area contributed by atoms with Crippen LogP contribution in [0.25, 0.3) is 0 Å². The molecule has 1 unspecified atom stereocenters. The Morgan fingerprint density at radius 2 is 1.80 bits per heavy atom. The first kappa shape index (κ1) is 15.4. The van der Waals surface area contributed by atoms with E-state index in [2.05, 4.69) is 4.90 Å². The number of aliphatic hydroxyl groups excluding tert-OH is 2. The number of rotatable bonds is 7. The van der Waals surface area contributed by atoms with Crippen molar-refractivity contribution in [3.63, 3.8) is 0 Å². The molecule has 1 saturated carbocycles. The fourth-order valence-electron chi connectivity index (χ4n) is 3.01. The van der Waals surface area contributed by atoms with Gasteiger partial charge in [-0.25, -0.2) is 4.39 Å². The fraction of sp³-hybridized carbons (Fsp3) is 0.625. The molecule has 4 heteroatoms. The predicted molar refractivity (Wildman–Crippen MR) is 76.9 cm³/mol. The maximum absolute atomic E-state index is 12.9. The van der Waals surface area contributed by atoms with E-state index in [0.717, 1.165) is 12.1 Å². The van der Waals surface area contributed by atoms with E-state index in [4.69, 9.17) is 5.11 Å². The molecule has 1 aromatic carbocycles. The summed E-state index contributed by atoms with van der Waals surface area (Å²) in [6, 6.07) is 6.56. The van der Waals surface area contributed by atoms with E-state index in [9.17, 15) is 9.50 Å². The monoisotopic (exact) mass is 281 g/mol. The van der Waals surface area contributed by atoms with E-state index in [-0.39, 0.29) is 12.4 Å². The summed E-state index contributed by atoms with van der Waals surface area (Å²) in [6.07, 6.45) is 4.93. The second-order valence-electron chi connectivity index (χ2n) is 5.55. The smallest absolute Gasteiger partial charge is 0.123 e. The summed E-state index contributed by atoms with van der Waals surface area (Å²) in [4.78, 5) is 2.28. The molecule has 1 fully saturated rings. The van der Waals surface area contributed by atoms with Crippen molar-refractivity contribution in [2.45, 2.75) is 44.2 Å². The zero-order valence-corrected chi connectivity index (χ0v) is 11.8. The molecule has 112 valence electrons. The van der Waals surface area contributed by atoms with Crippen molar-refractivity contribution in [3.8, 4) is 0 Å². The molecule has 0 amide bonds. The van der Waals surface area contributed by atoms with Crippen LogP contribution in [0.2, 0.25) is 0 Å². The lowest BCUT2D eigenvalue weighted by molar-refractivity contribution is 0.108. The second kappa shape index (κ2) is 7.72. The van der Waals surface area contributed by atoms with Gasteiger partial charge in [0.1, 0.15) is 5.82 Å². The molecule has 0 aromatic heterocycles. The Kier molecular flexibility index (Phi) is 5.95. The van der Waals surface area contributed by atoms with Crippen LogP contribution >= 0.6 is 0 Å². The molecule has 20 heavy (non-hydrogen) atoms. The molecule has 0 aliphatic heterocycles. The van der Waals surface area contributed by atoms with Crippen LogP contribution < -0.4 is 0 Å². The van der Waals surface area contributed by atoms with E-state index >= 15 is 0 Å². The zero-order chi connectivity index (χ0) is 14.4. The third kappa shape index (κ3) is 4.27. The number of aliphatic hydroxyl groups is 2. The highest BCUT2D eigenvalue weighted by Gasteiger charge is 2.22. The Bertz CT molecular complexity index is 390. The summed E-state index contributed by atoms with van der Waals surface area (Å²) in [5.41, 5.74) is 0.752. The Hall–Kier alpha value is -0.970. The van der Waals surface area contributed by atoms with Gasteiger partial charge in [-0.1, -0.05) is 25.0 Å². The van der Waals surface area contributed by atoms with Gasteiger partial charge in [-0.2, -0.15) is 0 Å². The fourth-order valence-corrected chi connectivity index (χ4v) is 3.01. The minimum absolute atomic E-state index is 0.156. The average Bonchev–Trinajstić information content (AvgIpc) is 2.98. The molecule has 0 heterocycles. The SMILES string of the molecule is OCCN(CCC(O)c1ccc(F)cc1)C1CCCC1. The summed E-state index contributed by atoms with van der Waals surface area (Å²) in [6.45, 7) is 1.59. The topological polar surface area (TPSA) is 43.7 Å². The first-order valence-corrected chi connectivity index (χ1v) is 7.49. The minimum atomic E-state index is -0.571. The van der Waals surface area contributed by atoms with Crippen molar-refractivity contribution in [2.24, 2.45) is 0 Å². The highest BCUT2D eigenvalue weighted by molar-refractivity contribution is 5.18. The first-order chi connectivity index (χ1) is 9.70. The Balaban J connectivity index is 1.86. The van der Waals surface area contributed by atoms with E-state index in [0.29, 0.717) is 19.0 Å². The molecular formula is C16H24FNO2. The number of hydrogen-bond acceptors (Lipinski definition) is 3. The van der Waals surface area contributed by atoms with E-state index < -0.39 is 6.10 Å². The summed E-state index contributed by atoms with van der Waals surface area (Å²) in [5.74, 6) is -0.284. The molecular weight excluding hydrogens is 257 g/mol. The second-order valence-corrected chi connectivity index (χ2v) is 5.55. The molecule has 0 saturated heterocycles. The van der Waals surface area contributed by atoms with Crippen molar-refractivity contribution in [2.75, 3.05) is 19.7 Å². The van der Waals surface area contributed by atoms with Gasteiger partial charge in [0.2, 0.25) is 0 Å². The maximum Gasteiger partial charge on any atom is 0.123 e. The largest absolute Gasteiger partial charge is 0.395 e. The van der Waals surface area contributed by atoms with Crippen molar-refractivity contribution in [1.29, 1.82) is 0 Å². The third-order valence-corrected chi connectivity index (χ3v) is 4.17. The number of hydrogen-bond donors (Lipinski definition) is 2. The predicted octanol–water partition coefficient (Wildman–Crippen LogP) is 2.49.